The lowest BCUT2D eigenvalue weighted by Gasteiger charge is -2.45. The van der Waals surface area contributed by atoms with Crippen LogP contribution >= 0.6 is 0 Å². The monoisotopic (exact) mass is 338 g/mol. The number of anilines is 1. The lowest BCUT2D eigenvalue weighted by molar-refractivity contribution is -0.142. The zero-order chi connectivity index (χ0) is 17.2. The van der Waals surface area contributed by atoms with E-state index in [9.17, 15) is 4.79 Å². The molecule has 1 aliphatic carbocycles. The number of ether oxygens (including phenoxy) is 1. The molecule has 0 spiro atoms. The number of rotatable bonds is 4. The Morgan fingerprint density at radius 3 is 2.60 bits per heavy atom. The van der Waals surface area contributed by atoms with Gasteiger partial charge in [-0.15, -0.1) is 0 Å². The van der Waals surface area contributed by atoms with Gasteiger partial charge in [-0.25, -0.2) is 0 Å². The first-order valence-corrected chi connectivity index (χ1v) is 9.39. The first-order chi connectivity index (χ1) is 12.3. The molecule has 2 aromatic carbocycles. The Morgan fingerprint density at radius 1 is 1.12 bits per heavy atom. The van der Waals surface area contributed by atoms with Gasteiger partial charge in [-0.2, -0.15) is 0 Å². The Kier molecular flexibility index (Phi) is 4.62. The molecule has 132 valence electrons. The van der Waals surface area contributed by atoms with E-state index in [-0.39, 0.29) is 5.92 Å². The molecule has 0 atom stereocenters. The number of carbonyl (C=O) groups is 1. The lowest BCUT2D eigenvalue weighted by atomic mass is 9.78. The molecule has 4 heteroatoms. The molecule has 1 saturated heterocycles. The molecule has 2 fully saturated rings. The van der Waals surface area contributed by atoms with Gasteiger partial charge >= 0.3 is 0 Å². The molecule has 1 amide bonds. The molecule has 1 aliphatic heterocycles. The summed E-state index contributed by atoms with van der Waals surface area (Å²) in [5, 5.41) is 2.58. The molecular formula is C21H26N2O2. The largest absolute Gasteiger partial charge is 0.378 e. The lowest BCUT2D eigenvalue weighted by Crippen LogP contribution is -2.52. The maximum Gasteiger partial charge on any atom is 0.225 e. The Balaban J connectivity index is 1.47. The number of hydrogen-bond donors (Lipinski definition) is 0. The van der Waals surface area contributed by atoms with Crippen molar-refractivity contribution in [2.24, 2.45) is 5.92 Å². The van der Waals surface area contributed by atoms with Gasteiger partial charge in [0, 0.05) is 42.7 Å². The van der Waals surface area contributed by atoms with Crippen molar-refractivity contribution in [3.05, 3.63) is 42.5 Å². The molecule has 4 nitrogen and oxygen atoms in total. The quantitative estimate of drug-likeness (QED) is 0.857. The van der Waals surface area contributed by atoms with E-state index in [4.69, 9.17) is 4.74 Å². The third-order valence-corrected chi connectivity index (χ3v) is 5.64. The van der Waals surface area contributed by atoms with Crippen molar-refractivity contribution in [2.45, 2.75) is 25.8 Å². The number of benzene rings is 2. The van der Waals surface area contributed by atoms with Crippen LogP contribution in [0.15, 0.2) is 42.5 Å². The SMILES string of the molecule is CCN(c1cccc2ccccc12)C1CC(C(=O)N2CCOCC2)C1. The highest BCUT2D eigenvalue weighted by Crippen LogP contribution is 2.38. The summed E-state index contributed by atoms with van der Waals surface area (Å²) in [6, 6.07) is 15.5. The summed E-state index contributed by atoms with van der Waals surface area (Å²) >= 11 is 0. The van der Waals surface area contributed by atoms with Gasteiger partial charge in [0.2, 0.25) is 5.91 Å². The first-order valence-electron chi connectivity index (χ1n) is 9.39. The summed E-state index contributed by atoms with van der Waals surface area (Å²) in [7, 11) is 0. The fourth-order valence-corrected chi connectivity index (χ4v) is 4.17. The van der Waals surface area contributed by atoms with Crippen LogP contribution in [0.25, 0.3) is 10.8 Å². The van der Waals surface area contributed by atoms with Crippen LogP contribution in [0.2, 0.25) is 0 Å². The van der Waals surface area contributed by atoms with Gasteiger partial charge in [0.05, 0.1) is 13.2 Å². The summed E-state index contributed by atoms with van der Waals surface area (Å²) in [5.41, 5.74) is 1.29. The number of carbonyl (C=O) groups excluding carboxylic acids is 1. The second kappa shape index (κ2) is 7.04. The topological polar surface area (TPSA) is 32.8 Å². The maximum absolute atomic E-state index is 12.6. The van der Waals surface area contributed by atoms with Crippen LogP contribution in [0, 0.1) is 5.92 Å². The molecule has 0 bridgehead atoms. The maximum atomic E-state index is 12.6. The summed E-state index contributed by atoms with van der Waals surface area (Å²) in [5.74, 6) is 0.514. The third kappa shape index (κ3) is 3.11. The van der Waals surface area contributed by atoms with Crippen LogP contribution in [0.4, 0.5) is 5.69 Å². The Hall–Kier alpha value is -2.07. The highest BCUT2D eigenvalue weighted by molar-refractivity contribution is 5.94. The summed E-state index contributed by atoms with van der Waals surface area (Å²) in [4.78, 5) is 17.1. The average Bonchev–Trinajstić information content (AvgIpc) is 2.64. The standard InChI is InChI=1S/C21H26N2O2/c1-2-23(20-9-5-7-16-6-3-4-8-19(16)20)18-14-17(15-18)21(24)22-10-12-25-13-11-22/h3-9,17-18H,2,10-15H2,1H3. The van der Waals surface area contributed by atoms with Crippen LogP contribution in [0.3, 0.4) is 0 Å². The summed E-state index contributed by atoms with van der Waals surface area (Å²) < 4.78 is 5.35. The average molecular weight is 338 g/mol. The molecule has 1 heterocycles. The minimum absolute atomic E-state index is 0.187. The highest BCUT2D eigenvalue weighted by Gasteiger charge is 2.40. The second-order valence-electron chi connectivity index (χ2n) is 7.04. The van der Waals surface area contributed by atoms with Crippen LogP contribution in [0.1, 0.15) is 19.8 Å². The normalized spacial score (nSPS) is 23.3. The second-order valence-corrected chi connectivity index (χ2v) is 7.04. The Labute approximate surface area is 149 Å². The minimum atomic E-state index is 0.187. The minimum Gasteiger partial charge on any atom is -0.378 e. The molecular weight excluding hydrogens is 312 g/mol. The van der Waals surface area contributed by atoms with Crippen molar-refractivity contribution in [1.29, 1.82) is 0 Å². The first kappa shape index (κ1) is 16.4. The van der Waals surface area contributed by atoms with Crippen molar-refractivity contribution in [3.8, 4) is 0 Å². The van der Waals surface area contributed by atoms with Crippen LogP contribution in [-0.2, 0) is 9.53 Å². The van der Waals surface area contributed by atoms with E-state index in [2.05, 4.69) is 54.3 Å². The van der Waals surface area contributed by atoms with Crippen molar-refractivity contribution < 1.29 is 9.53 Å². The van der Waals surface area contributed by atoms with E-state index in [0.29, 0.717) is 25.2 Å². The summed E-state index contributed by atoms with van der Waals surface area (Å²) in [6.45, 7) is 6.04. The van der Waals surface area contributed by atoms with Gasteiger partial charge in [0.15, 0.2) is 0 Å². The van der Waals surface area contributed by atoms with Crippen molar-refractivity contribution >= 4 is 22.4 Å². The molecule has 0 N–H and O–H groups in total. The fourth-order valence-electron chi connectivity index (χ4n) is 4.17. The van der Waals surface area contributed by atoms with E-state index in [1.54, 1.807) is 0 Å². The number of amides is 1. The van der Waals surface area contributed by atoms with E-state index < -0.39 is 0 Å². The van der Waals surface area contributed by atoms with E-state index in [1.165, 1.54) is 16.5 Å². The van der Waals surface area contributed by atoms with E-state index >= 15 is 0 Å². The van der Waals surface area contributed by atoms with E-state index in [1.807, 2.05) is 4.90 Å². The molecule has 1 saturated carbocycles. The van der Waals surface area contributed by atoms with Crippen molar-refractivity contribution in [3.63, 3.8) is 0 Å². The number of morpholine rings is 1. The fraction of sp³-hybridized carbons (Fsp3) is 0.476. The van der Waals surface area contributed by atoms with Crippen LogP contribution in [0.5, 0.6) is 0 Å². The third-order valence-electron chi connectivity index (χ3n) is 5.64. The van der Waals surface area contributed by atoms with Crippen LogP contribution in [-0.4, -0.2) is 49.7 Å². The smallest absolute Gasteiger partial charge is 0.225 e. The van der Waals surface area contributed by atoms with Gasteiger partial charge in [0.25, 0.3) is 0 Å². The number of hydrogen-bond acceptors (Lipinski definition) is 3. The number of fused-ring (bicyclic) bond motifs is 1. The zero-order valence-corrected chi connectivity index (χ0v) is 14.9. The van der Waals surface area contributed by atoms with Gasteiger partial charge in [-0.3, -0.25) is 4.79 Å². The Morgan fingerprint density at radius 2 is 1.84 bits per heavy atom. The molecule has 25 heavy (non-hydrogen) atoms. The van der Waals surface area contributed by atoms with Gasteiger partial charge < -0.3 is 14.5 Å². The molecule has 2 aliphatic rings. The molecule has 2 aromatic rings. The predicted molar refractivity (Wildman–Crippen MR) is 101 cm³/mol. The molecule has 0 radical (unpaired) electrons. The van der Waals surface area contributed by atoms with Gasteiger partial charge in [-0.05, 0) is 31.2 Å². The molecule has 0 aromatic heterocycles. The van der Waals surface area contributed by atoms with Crippen molar-refractivity contribution in [1.82, 2.24) is 4.90 Å². The van der Waals surface area contributed by atoms with E-state index in [0.717, 1.165) is 32.5 Å². The Bertz CT molecular complexity index is 743. The predicted octanol–water partition coefficient (Wildman–Crippen LogP) is 3.30. The number of nitrogens with zero attached hydrogens (tertiary/aromatic N) is 2. The molecule has 0 unspecified atom stereocenters. The van der Waals surface area contributed by atoms with Gasteiger partial charge in [0.1, 0.15) is 0 Å². The summed E-state index contributed by atoms with van der Waals surface area (Å²) in [6.07, 6.45) is 1.93. The van der Waals surface area contributed by atoms with Crippen LogP contribution < -0.4 is 4.90 Å². The zero-order valence-electron chi connectivity index (χ0n) is 14.9. The molecule has 4 rings (SSSR count). The van der Waals surface area contributed by atoms with Crippen molar-refractivity contribution in [2.75, 3.05) is 37.7 Å². The highest BCUT2D eigenvalue weighted by atomic mass is 16.5. The van der Waals surface area contributed by atoms with Gasteiger partial charge in [-0.1, -0.05) is 36.4 Å².